The third-order valence-corrected chi connectivity index (χ3v) is 7.94. The van der Waals surface area contributed by atoms with Crippen LogP contribution in [-0.4, -0.2) is 51.8 Å². The maximum atomic E-state index is 13.3. The fraction of sp³-hybridized carbons (Fsp3) is 0.625. The van der Waals surface area contributed by atoms with Gasteiger partial charge >= 0.3 is 0 Å². The Morgan fingerprint density at radius 1 is 0.933 bits per heavy atom. The monoisotopic (exact) mass is 409 g/mol. The number of piperidine rings is 1. The smallest absolute Gasteiger partial charge is 0.255 e. The molecule has 1 saturated carbocycles. The molecular formula is C24H31N3O3. The van der Waals surface area contributed by atoms with Crippen LogP contribution in [0.1, 0.15) is 42.0 Å². The summed E-state index contributed by atoms with van der Waals surface area (Å²) in [6.07, 6.45) is 6.53. The zero-order valence-corrected chi connectivity index (χ0v) is 17.4. The van der Waals surface area contributed by atoms with E-state index in [9.17, 15) is 9.90 Å². The Morgan fingerprint density at radius 2 is 1.73 bits per heavy atom. The summed E-state index contributed by atoms with van der Waals surface area (Å²) < 4.78 is 7.32. The average Bonchev–Trinajstić information content (AvgIpc) is 3.41. The highest BCUT2D eigenvalue weighted by Gasteiger charge is 2.40. The Morgan fingerprint density at radius 3 is 2.50 bits per heavy atom. The van der Waals surface area contributed by atoms with Crippen LogP contribution in [0.15, 0.2) is 39.9 Å². The summed E-state index contributed by atoms with van der Waals surface area (Å²) >= 11 is 0. The molecule has 2 saturated heterocycles. The van der Waals surface area contributed by atoms with Crippen LogP contribution in [0.5, 0.6) is 0 Å². The Bertz CT molecular complexity index is 955. The first kappa shape index (κ1) is 18.8. The van der Waals surface area contributed by atoms with Crippen LogP contribution in [-0.2, 0) is 19.6 Å². The molecule has 6 rings (SSSR count). The van der Waals surface area contributed by atoms with Crippen LogP contribution < -0.4 is 5.56 Å². The lowest BCUT2D eigenvalue weighted by Gasteiger charge is -2.43. The molecule has 160 valence electrons. The first-order valence-corrected chi connectivity index (χ1v) is 11.5. The normalized spacial score (nSPS) is 33.6. The number of aliphatic hydroxyl groups is 1. The molecule has 0 aromatic carbocycles. The fourth-order valence-electron chi connectivity index (χ4n) is 6.72. The molecule has 1 unspecified atom stereocenters. The van der Waals surface area contributed by atoms with Crippen molar-refractivity contribution in [2.75, 3.05) is 26.2 Å². The summed E-state index contributed by atoms with van der Waals surface area (Å²) in [6, 6.07) is 6.36. The number of hydrogen-bond acceptors (Lipinski definition) is 5. The summed E-state index contributed by atoms with van der Waals surface area (Å²) in [4.78, 5) is 18.3. The molecule has 6 nitrogen and oxygen atoms in total. The summed E-state index contributed by atoms with van der Waals surface area (Å²) in [6.45, 7) is 6.64. The largest absolute Gasteiger partial charge is 0.472 e. The first-order valence-electron chi connectivity index (χ1n) is 11.5. The number of hydrogen-bond donors (Lipinski definition) is 1. The highest BCUT2D eigenvalue weighted by atomic mass is 16.3. The van der Waals surface area contributed by atoms with Gasteiger partial charge in [0.05, 0.1) is 18.6 Å². The molecule has 6 heteroatoms. The van der Waals surface area contributed by atoms with E-state index >= 15 is 0 Å². The number of pyridine rings is 1. The molecule has 5 heterocycles. The van der Waals surface area contributed by atoms with Crippen molar-refractivity contribution in [1.29, 1.82) is 0 Å². The molecule has 2 bridgehead atoms. The van der Waals surface area contributed by atoms with Gasteiger partial charge < -0.3 is 14.1 Å². The molecule has 1 aliphatic carbocycles. The molecule has 3 fully saturated rings. The zero-order chi connectivity index (χ0) is 20.2. The van der Waals surface area contributed by atoms with E-state index in [1.165, 1.54) is 17.7 Å². The second-order valence-electron chi connectivity index (χ2n) is 10.2. The minimum absolute atomic E-state index is 0.107. The number of fused-ring (bicyclic) bond motifs is 5. The minimum Gasteiger partial charge on any atom is -0.472 e. The fourth-order valence-corrected chi connectivity index (χ4v) is 6.72. The molecule has 1 N–H and O–H groups in total. The number of aromatic nitrogens is 1. The van der Waals surface area contributed by atoms with Crippen LogP contribution in [0, 0.1) is 17.8 Å². The molecule has 30 heavy (non-hydrogen) atoms. The van der Waals surface area contributed by atoms with E-state index in [1.807, 2.05) is 12.3 Å². The second-order valence-corrected chi connectivity index (χ2v) is 10.2. The number of rotatable bonds is 4. The van der Waals surface area contributed by atoms with Gasteiger partial charge in [-0.25, -0.2) is 0 Å². The molecule has 3 aliphatic heterocycles. The number of nitrogens with zero attached hydrogens (tertiary/aromatic N) is 3. The Balaban J connectivity index is 1.18. The standard InChI is InChI=1S/C24H31N3O3/c28-22-6-19-12-26(13-20(19)7-22)11-18-1-2-23-21-5-17(10-27(23)24(18)29)9-25(14-21)8-16-3-4-30-15-16/h1-4,15,17,19-22,28H,5-14H2/t17-,19-,20+,21+,22?/m0/s1. The van der Waals surface area contributed by atoms with Gasteiger partial charge in [0, 0.05) is 68.6 Å². The van der Waals surface area contributed by atoms with E-state index in [1.54, 1.807) is 6.26 Å². The van der Waals surface area contributed by atoms with Gasteiger partial charge in [-0.3, -0.25) is 14.6 Å². The van der Waals surface area contributed by atoms with E-state index in [2.05, 4.69) is 26.5 Å². The van der Waals surface area contributed by atoms with Crippen molar-refractivity contribution < 1.29 is 9.52 Å². The van der Waals surface area contributed by atoms with E-state index in [4.69, 9.17) is 4.42 Å². The third kappa shape index (κ3) is 3.35. The summed E-state index contributed by atoms with van der Waals surface area (Å²) in [5, 5.41) is 9.88. The maximum absolute atomic E-state index is 13.3. The van der Waals surface area contributed by atoms with Crippen LogP contribution in [0.4, 0.5) is 0 Å². The SMILES string of the molecule is O=c1c(CN2C[C@H]3CC(O)C[C@H]3C2)ccc2n1C[C@H]1C[C@@H]2CN(Cc2ccoc2)C1. The minimum atomic E-state index is -0.107. The Hall–Kier alpha value is -1.89. The Labute approximate surface area is 177 Å². The molecule has 4 aliphatic rings. The Kier molecular flexibility index (Phi) is 4.62. The molecular weight excluding hydrogens is 378 g/mol. The van der Waals surface area contributed by atoms with E-state index < -0.39 is 0 Å². The van der Waals surface area contributed by atoms with Crippen LogP contribution in [0.3, 0.4) is 0 Å². The quantitative estimate of drug-likeness (QED) is 0.839. The predicted octanol–water partition coefficient (Wildman–Crippen LogP) is 2.26. The van der Waals surface area contributed by atoms with Crippen LogP contribution in [0.2, 0.25) is 0 Å². The van der Waals surface area contributed by atoms with Gasteiger partial charge in [0.25, 0.3) is 5.56 Å². The lowest BCUT2D eigenvalue weighted by molar-refractivity contribution is 0.114. The molecule has 2 aromatic heterocycles. The van der Waals surface area contributed by atoms with Crippen molar-refractivity contribution in [3.8, 4) is 0 Å². The molecule has 2 aromatic rings. The average molecular weight is 410 g/mol. The van der Waals surface area contributed by atoms with Crippen molar-refractivity contribution in [1.82, 2.24) is 14.4 Å². The van der Waals surface area contributed by atoms with Gasteiger partial charge in [0.1, 0.15) is 0 Å². The van der Waals surface area contributed by atoms with Crippen LogP contribution in [0.25, 0.3) is 0 Å². The van der Waals surface area contributed by atoms with Gasteiger partial charge in [-0.1, -0.05) is 6.07 Å². The van der Waals surface area contributed by atoms with Crippen molar-refractivity contribution in [2.45, 2.75) is 50.9 Å². The highest BCUT2D eigenvalue weighted by Crippen LogP contribution is 2.39. The van der Waals surface area contributed by atoms with Gasteiger partial charge in [-0.05, 0) is 49.1 Å². The predicted molar refractivity (Wildman–Crippen MR) is 113 cm³/mol. The number of aliphatic hydroxyl groups excluding tert-OH is 1. The van der Waals surface area contributed by atoms with Gasteiger partial charge in [0.15, 0.2) is 0 Å². The van der Waals surface area contributed by atoms with Crippen molar-refractivity contribution in [3.63, 3.8) is 0 Å². The van der Waals surface area contributed by atoms with E-state index in [0.29, 0.717) is 23.7 Å². The summed E-state index contributed by atoms with van der Waals surface area (Å²) in [7, 11) is 0. The lowest BCUT2D eigenvalue weighted by atomic mass is 9.83. The van der Waals surface area contributed by atoms with Gasteiger partial charge in [-0.2, -0.15) is 0 Å². The highest BCUT2D eigenvalue weighted by molar-refractivity contribution is 5.23. The second kappa shape index (κ2) is 7.36. The van der Waals surface area contributed by atoms with Crippen LogP contribution >= 0.6 is 0 Å². The first-order chi connectivity index (χ1) is 14.6. The zero-order valence-electron chi connectivity index (χ0n) is 17.4. The van der Waals surface area contributed by atoms with Crippen molar-refractivity contribution in [3.05, 3.63) is 57.9 Å². The maximum Gasteiger partial charge on any atom is 0.255 e. The number of likely N-dealkylation sites (tertiary alicyclic amines) is 2. The molecule has 0 radical (unpaired) electrons. The van der Waals surface area contributed by atoms with Crippen molar-refractivity contribution >= 4 is 0 Å². The lowest BCUT2D eigenvalue weighted by Crippen LogP contribution is -2.47. The third-order valence-electron chi connectivity index (χ3n) is 7.94. The van der Waals surface area contributed by atoms with Gasteiger partial charge in [0.2, 0.25) is 0 Å². The molecule has 5 atom stereocenters. The molecule has 0 amide bonds. The summed E-state index contributed by atoms with van der Waals surface area (Å²) in [5.41, 5.74) is 3.61. The van der Waals surface area contributed by atoms with Gasteiger partial charge in [-0.15, -0.1) is 0 Å². The summed E-state index contributed by atoms with van der Waals surface area (Å²) in [5.74, 6) is 2.21. The molecule has 0 spiro atoms. The topological polar surface area (TPSA) is 61.9 Å². The number of furan rings is 1. The van der Waals surface area contributed by atoms with E-state index in [-0.39, 0.29) is 11.7 Å². The van der Waals surface area contributed by atoms with E-state index in [0.717, 1.165) is 64.2 Å². The van der Waals surface area contributed by atoms with Crippen molar-refractivity contribution in [2.24, 2.45) is 17.8 Å².